The van der Waals surface area contributed by atoms with Gasteiger partial charge in [0.25, 0.3) is 5.91 Å². The number of hydrogen-bond acceptors (Lipinski definition) is 2. The molecule has 1 saturated carbocycles. The van der Waals surface area contributed by atoms with Crippen molar-refractivity contribution in [1.82, 2.24) is 5.32 Å². The summed E-state index contributed by atoms with van der Waals surface area (Å²) in [7, 11) is 1.88. The summed E-state index contributed by atoms with van der Waals surface area (Å²) >= 11 is 0. The third kappa shape index (κ3) is 4.26. The summed E-state index contributed by atoms with van der Waals surface area (Å²) in [6.45, 7) is 3.14. The van der Waals surface area contributed by atoms with E-state index in [0.717, 1.165) is 36.1 Å². The monoisotopic (exact) mass is 274 g/mol. The van der Waals surface area contributed by atoms with E-state index >= 15 is 0 Å². The van der Waals surface area contributed by atoms with E-state index in [-0.39, 0.29) is 5.91 Å². The van der Waals surface area contributed by atoms with E-state index in [2.05, 4.69) is 17.6 Å². The molecule has 1 aliphatic carbocycles. The number of carbonyl (C=O) groups excluding carboxylic acids is 1. The van der Waals surface area contributed by atoms with Crippen LogP contribution in [0.1, 0.15) is 49.4 Å². The lowest BCUT2D eigenvalue weighted by molar-refractivity contribution is 0.0949. The van der Waals surface area contributed by atoms with Gasteiger partial charge in [0.1, 0.15) is 0 Å². The van der Waals surface area contributed by atoms with Crippen LogP contribution in [0.4, 0.5) is 5.69 Å². The van der Waals surface area contributed by atoms with Crippen molar-refractivity contribution in [3.8, 4) is 0 Å². The molecular formula is C17H26N2O. The van der Waals surface area contributed by atoms with E-state index in [9.17, 15) is 4.79 Å². The Kier molecular flexibility index (Phi) is 5.45. The second-order valence-corrected chi connectivity index (χ2v) is 6.01. The second-order valence-electron chi connectivity index (χ2n) is 6.01. The van der Waals surface area contributed by atoms with Crippen LogP contribution in [0.2, 0.25) is 0 Å². The fraction of sp³-hybridized carbons (Fsp3) is 0.588. The standard InChI is InChI=1S/C17H26N2O/c1-13-4-3-5-14(12-13)10-11-19-17(20)15-6-8-16(18-2)9-7-15/h6-9,13-14,18H,3-5,10-12H2,1-2H3,(H,19,20). The van der Waals surface area contributed by atoms with Crippen molar-refractivity contribution in [2.45, 2.75) is 39.0 Å². The van der Waals surface area contributed by atoms with Crippen molar-refractivity contribution in [3.05, 3.63) is 29.8 Å². The molecule has 20 heavy (non-hydrogen) atoms. The zero-order chi connectivity index (χ0) is 14.4. The highest BCUT2D eigenvalue weighted by molar-refractivity contribution is 5.94. The van der Waals surface area contributed by atoms with Gasteiger partial charge in [0.2, 0.25) is 0 Å². The average Bonchev–Trinajstić information content (AvgIpc) is 2.47. The molecule has 3 heteroatoms. The van der Waals surface area contributed by atoms with Gasteiger partial charge in [-0.2, -0.15) is 0 Å². The summed E-state index contributed by atoms with van der Waals surface area (Å²) in [5, 5.41) is 6.09. The molecule has 0 radical (unpaired) electrons. The highest BCUT2D eigenvalue weighted by Gasteiger charge is 2.18. The van der Waals surface area contributed by atoms with E-state index in [4.69, 9.17) is 0 Å². The van der Waals surface area contributed by atoms with Gasteiger partial charge < -0.3 is 10.6 Å². The van der Waals surface area contributed by atoms with Gasteiger partial charge in [-0.1, -0.05) is 26.2 Å². The Bertz CT molecular complexity index is 427. The molecule has 1 aromatic rings. The molecule has 0 bridgehead atoms. The van der Waals surface area contributed by atoms with Gasteiger partial charge in [-0.15, -0.1) is 0 Å². The minimum Gasteiger partial charge on any atom is -0.388 e. The molecule has 3 nitrogen and oxygen atoms in total. The van der Waals surface area contributed by atoms with Gasteiger partial charge in [-0.25, -0.2) is 0 Å². The molecule has 110 valence electrons. The van der Waals surface area contributed by atoms with Crippen molar-refractivity contribution in [2.24, 2.45) is 11.8 Å². The molecule has 2 rings (SSSR count). The van der Waals surface area contributed by atoms with Crippen LogP contribution < -0.4 is 10.6 Å². The number of nitrogens with one attached hydrogen (secondary N) is 2. The molecule has 1 aliphatic rings. The molecule has 0 heterocycles. The maximum atomic E-state index is 12.0. The Hall–Kier alpha value is -1.51. The fourth-order valence-electron chi connectivity index (χ4n) is 3.10. The normalized spacial score (nSPS) is 22.3. The van der Waals surface area contributed by atoms with Crippen molar-refractivity contribution >= 4 is 11.6 Å². The lowest BCUT2D eigenvalue weighted by Gasteiger charge is -2.26. The first-order chi connectivity index (χ1) is 9.69. The zero-order valence-corrected chi connectivity index (χ0v) is 12.6. The smallest absolute Gasteiger partial charge is 0.251 e. The van der Waals surface area contributed by atoms with Crippen LogP contribution in [0.25, 0.3) is 0 Å². The van der Waals surface area contributed by atoms with E-state index in [0.29, 0.717) is 0 Å². The number of anilines is 1. The lowest BCUT2D eigenvalue weighted by Crippen LogP contribution is -2.27. The molecule has 2 N–H and O–H groups in total. The lowest BCUT2D eigenvalue weighted by atomic mass is 9.81. The van der Waals surface area contributed by atoms with Crippen molar-refractivity contribution in [1.29, 1.82) is 0 Å². The van der Waals surface area contributed by atoms with Gasteiger partial charge in [0.15, 0.2) is 0 Å². The maximum Gasteiger partial charge on any atom is 0.251 e. The predicted molar refractivity (Wildman–Crippen MR) is 84.1 cm³/mol. The minimum atomic E-state index is 0.0384. The molecule has 0 aliphatic heterocycles. The third-order valence-corrected chi connectivity index (χ3v) is 4.32. The van der Waals surface area contributed by atoms with E-state index < -0.39 is 0 Å². The van der Waals surface area contributed by atoms with Crippen molar-refractivity contribution in [3.63, 3.8) is 0 Å². The predicted octanol–water partition coefficient (Wildman–Crippen LogP) is 3.67. The molecule has 0 aromatic heterocycles. The fourth-order valence-corrected chi connectivity index (χ4v) is 3.10. The Balaban J connectivity index is 1.74. The average molecular weight is 274 g/mol. The molecule has 1 fully saturated rings. The van der Waals surface area contributed by atoms with Crippen LogP contribution in [0.3, 0.4) is 0 Å². The molecule has 0 saturated heterocycles. The van der Waals surface area contributed by atoms with Gasteiger partial charge in [0.05, 0.1) is 0 Å². The number of carbonyl (C=O) groups is 1. The van der Waals surface area contributed by atoms with Gasteiger partial charge >= 0.3 is 0 Å². The highest BCUT2D eigenvalue weighted by Crippen LogP contribution is 2.30. The quantitative estimate of drug-likeness (QED) is 0.860. The summed E-state index contributed by atoms with van der Waals surface area (Å²) in [4.78, 5) is 12.0. The number of rotatable bonds is 5. The first-order valence-electron chi connectivity index (χ1n) is 7.75. The molecule has 2 unspecified atom stereocenters. The van der Waals surface area contributed by atoms with Crippen LogP contribution in [0, 0.1) is 11.8 Å². The largest absolute Gasteiger partial charge is 0.388 e. The maximum absolute atomic E-state index is 12.0. The van der Waals surface area contributed by atoms with Crippen LogP contribution in [0.5, 0.6) is 0 Å². The molecular weight excluding hydrogens is 248 g/mol. The van der Waals surface area contributed by atoms with Crippen LogP contribution in [-0.4, -0.2) is 19.5 Å². The van der Waals surface area contributed by atoms with E-state index in [1.165, 1.54) is 25.7 Å². The highest BCUT2D eigenvalue weighted by atomic mass is 16.1. The second kappa shape index (κ2) is 7.32. The summed E-state index contributed by atoms with van der Waals surface area (Å²) in [6, 6.07) is 7.59. The number of amides is 1. The number of benzene rings is 1. The zero-order valence-electron chi connectivity index (χ0n) is 12.6. The topological polar surface area (TPSA) is 41.1 Å². The first-order valence-corrected chi connectivity index (χ1v) is 7.75. The first kappa shape index (κ1) is 14.9. The Morgan fingerprint density at radius 2 is 2.00 bits per heavy atom. The van der Waals surface area contributed by atoms with Crippen molar-refractivity contribution < 1.29 is 4.79 Å². The third-order valence-electron chi connectivity index (χ3n) is 4.32. The summed E-state index contributed by atoms with van der Waals surface area (Å²) in [5.74, 6) is 1.70. The number of hydrogen-bond donors (Lipinski definition) is 2. The summed E-state index contributed by atoms with van der Waals surface area (Å²) < 4.78 is 0. The molecule has 0 spiro atoms. The van der Waals surface area contributed by atoms with E-state index in [1.807, 2.05) is 31.3 Å². The summed E-state index contributed by atoms with van der Waals surface area (Å²) in [6.07, 6.45) is 6.50. The summed E-state index contributed by atoms with van der Waals surface area (Å²) in [5.41, 5.74) is 1.76. The Morgan fingerprint density at radius 1 is 1.25 bits per heavy atom. The molecule has 2 atom stereocenters. The van der Waals surface area contributed by atoms with Crippen LogP contribution >= 0.6 is 0 Å². The molecule has 1 amide bonds. The minimum absolute atomic E-state index is 0.0384. The van der Waals surface area contributed by atoms with E-state index in [1.54, 1.807) is 0 Å². The van der Waals surface area contributed by atoms with Gasteiger partial charge in [-0.05, 0) is 48.9 Å². The SMILES string of the molecule is CNc1ccc(C(=O)NCCC2CCCC(C)C2)cc1. The van der Waals surface area contributed by atoms with Crippen LogP contribution in [0.15, 0.2) is 24.3 Å². The molecule has 1 aromatic carbocycles. The van der Waals surface area contributed by atoms with Gasteiger partial charge in [0, 0.05) is 24.8 Å². The van der Waals surface area contributed by atoms with Gasteiger partial charge in [-0.3, -0.25) is 4.79 Å². The Morgan fingerprint density at radius 3 is 2.65 bits per heavy atom. The Labute approximate surface area is 122 Å². The van der Waals surface area contributed by atoms with Crippen molar-refractivity contribution in [2.75, 3.05) is 18.9 Å². The van der Waals surface area contributed by atoms with Crippen LogP contribution in [-0.2, 0) is 0 Å².